The molecule has 0 aromatic carbocycles. The Morgan fingerprint density at radius 3 is 2.75 bits per heavy atom. The first-order chi connectivity index (χ1) is 7.50. The molecule has 0 heterocycles. The lowest BCUT2D eigenvalue weighted by molar-refractivity contribution is -0.138. The van der Waals surface area contributed by atoms with Crippen LogP contribution in [0.25, 0.3) is 0 Å². The summed E-state index contributed by atoms with van der Waals surface area (Å²) >= 11 is 0. The van der Waals surface area contributed by atoms with E-state index in [-0.39, 0.29) is 5.97 Å². The molecule has 2 nitrogen and oxygen atoms in total. The summed E-state index contributed by atoms with van der Waals surface area (Å²) in [6.07, 6.45) is 5.51. The second-order valence-corrected chi connectivity index (χ2v) is 4.54. The Balaban J connectivity index is 2.36. The van der Waals surface area contributed by atoms with Crippen LogP contribution in [0.15, 0.2) is 36.0 Å². The van der Waals surface area contributed by atoms with E-state index in [0.717, 1.165) is 24.8 Å². The summed E-state index contributed by atoms with van der Waals surface area (Å²) in [5.41, 5.74) is 2.90. The minimum Gasteiger partial charge on any atom is -0.458 e. The van der Waals surface area contributed by atoms with E-state index in [2.05, 4.69) is 26.2 Å². The number of rotatable bonds is 4. The first kappa shape index (κ1) is 12.8. The summed E-state index contributed by atoms with van der Waals surface area (Å²) in [4.78, 5) is 11.2. The van der Waals surface area contributed by atoms with Crippen LogP contribution in [0.2, 0.25) is 0 Å². The predicted molar refractivity (Wildman–Crippen MR) is 66.0 cm³/mol. The van der Waals surface area contributed by atoms with Gasteiger partial charge in [0.15, 0.2) is 0 Å². The summed E-state index contributed by atoms with van der Waals surface area (Å²) in [5, 5.41) is 0. The number of hydrogen-bond acceptors (Lipinski definition) is 2. The van der Waals surface area contributed by atoms with Crippen LogP contribution in [0.5, 0.6) is 0 Å². The SMILES string of the molecule is C=C(C)C(=O)OCC(=C)[C@H]1CC=C(C)CC1. The van der Waals surface area contributed by atoms with Crippen LogP contribution in [0.3, 0.4) is 0 Å². The van der Waals surface area contributed by atoms with Crippen molar-refractivity contribution in [3.05, 3.63) is 36.0 Å². The van der Waals surface area contributed by atoms with Gasteiger partial charge in [0.1, 0.15) is 6.61 Å². The van der Waals surface area contributed by atoms with Crippen LogP contribution in [0.4, 0.5) is 0 Å². The second kappa shape index (κ2) is 5.69. The highest BCUT2D eigenvalue weighted by Crippen LogP contribution is 2.28. The zero-order valence-electron chi connectivity index (χ0n) is 10.2. The molecule has 88 valence electrons. The topological polar surface area (TPSA) is 26.3 Å². The monoisotopic (exact) mass is 220 g/mol. The Morgan fingerprint density at radius 2 is 2.25 bits per heavy atom. The highest BCUT2D eigenvalue weighted by Gasteiger charge is 2.16. The molecule has 0 spiro atoms. The molecule has 1 atom stereocenters. The van der Waals surface area contributed by atoms with Crippen molar-refractivity contribution >= 4 is 5.97 Å². The van der Waals surface area contributed by atoms with Crippen LogP contribution in [0.1, 0.15) is 33.1 Å². The van der Waals surface area contributed by atoms with Crippen LogP contribution >= 0.6 is 0 Å². The predicted octanol–water partition coefficient (Wildman–Crippen LogP) is 3.41. The summed E-state index contributed by atoms with van der Waals surface area (Å²) in [6.45, 7) is 11.7. The highest BCUT2D eigenvalue weighted by molar-refractivity contribution is 5.87. The standard InChI is InChI=1S/C14H20O2/c1-10(2)14(15)16-9-12(4)13-7-5-11(3)6-8-13/h5,13H,1,4,6-9H2,2-3H3/t13-/m0/s1. The molecule has 2 heteroatoms. The molecule has 1 rings (SSSR count). The van der Waals surface area contributed by atoms with Crippen LogP contribution in [-0.4, -0.2) is 12.6 Å². The zero-order chi connectivity index (χ0) is 12.1. The maximum atomic E-state index is 11.2. The Morgan fingerprint density at radius 1 is 1.56 bits per heavy atom. The third-order valence-corrected chi connectivity index (χ3v) is 2.95. The molecule has 0 saturated carbocycles. The van der Waals surface area contributed by atoms with Crippen molar-refractivity contribution in [3.63, 3.8) is 0 Å². The fraction of sp³-hybridized carbons (Fsp3) is 0.500. The maximum absolute atomic E-state index is 11.2. The number of carbonyl (C=O) groups is 1. The molecular weight excluding hydrogens is 200 g/mol. The van der Waals surface area contributed by atoms with Gasteiger partial charge in [0.25, 0.3) is 0 Å². The normalized spacial score (nSPS) is 19.9. The van der Waals surface area contributed by atoms with Gasteiger partial charge in [0.05, 0.1) is 0 Å². The fourth-order valence-electron chi connectivity index (χ4n) is 1.74. The van der Waals surface area contributed by atoms with E-state index < -0.39 is 0 Å². The number of hydrogen-bond donors (Lipinski definition) is 0. The lowest BCUT2D eigenvalue weighted by atomic mass is 9.86. The van der Waals surface area contributed by atoms with Crippen molar-refractivity contribution in [1.82, 2.24) is 0 Å². The summed E-state index contributed by atoms with van der Waals surface area (Å²) < 4.78 is 5.09. The van der Waals surface area contributed by atoms with Crippen molar-refractivity contribution in [3.8, 4) is 0 Å². The zero-order valence-corrected chi connectivity index (χ0v) is 10.2. The van der Waals surface area contributed by atoms with Crippen molar-refractivity contribution in [2.75, 3.05) is 6.61 Å². The molecule has 0 aromatic heterocycles. The van der Waals surface area contributed by atoms with E-state index >= 15 is 0 Å². The largest absolute Gasteiger partial charge is 0.458 e. The van der Waals surface area contributed by atoms with Crippen molar-refractivity contribution in [2.24, 2.45) is 5.92 Å². The van der Waals surface area contributed by atoms with Gasteiger partial charge >= 0.3 is 5.97 Å². The van der Waals surface area contributed by atoms with Gasteiger partial charge < -0.3 is 4.74 Å². The number of ether oxygens (including phenoxy) is 1. The van der Waals surface area contributed by atoms with Crippen molar-refractivity contribution in [2.45, 2.75) is 33.1 Å². The average Bonchev–Trinajstić information content (AvgIpc) is 2.26. The van der Waals surface area contributed by atoms with Gasteiger partial charge in [0, 0.05) is 5.57 Å². The molecule has 0 bridgehead atoms. The second-order valence-electron chi connectivity index (χ2n) is 4.54. The molecule has 0 saturated heterocycles. The number of allylic oxidation sites excluding steroid dienone is 2. The van der Waals surface area contributed by atoms with Crippen molar-refractivity contribution < 1.29 is 9.53 Å². The molecule has 0 amide bonds. The fourth-order valence-corrected chi connectivity index (χ4v) is 1.74. The Bertz CT molecular complexity index is 337. The van der Waals surface area contributed by atoms with Gasteiger partial charge in [0.2, 0.25) is 0 Å². The lowest BCUT2D eigenvalue weighted by Gasteiger charge is -2.22. The van der Waals surface area contributed by atoms with Gasteiger partial charge in [-0.25, -0.2) is 4.79 Å². The Kier molecular flexibility index (Phi) is 4.53. The number of carbonyl (C=O) groups excluding carboxylic acids is 1. The molecule has 1 aliphatic carbocycles. The average molecular weight is 220 g/mol. The van der Waals surface area contributed by atoms with Crippen molar-refractivity contribution in [1.29, 1.82) is 0 Å². The van der Waals surface area contributed by atoms with Crippen LogP contribution in [-0.2, 0) is 9.53 Å². The van der Waals surface area contributed by atoms with E-state index in [4.69, 9.17) is 4.74 Å². The molecule has 0 unspecified atom stereocenters. The van der Waals surface area contributed by atoms with E-state index in [0.29, 0.717) is 18.1 Å². The Labute approximate surface area is 97.7 Å². The van der Waals surface area contributed by atoms with Crippen LogP contribution in [0, 0.1) is 5.92 Å². The van der Waals surface area contributed by atoms with Crippen LogP contribution < -0.4 is 0 Å². The maximum Gasteiger partial charge on any atom is 0.333 e. The summed E-state index contributed by atoms with van der Waals surface area (Å²) in [5.74, 6) is 0.130. The first-order valence-electron chi connectivity index (χ1n) is 5.66. The summed E-state index contributed by atoms with van der Waals surface area (Å²) in [6, 6.07) is 0. The smallest absolute Gasteiger partial charge is 0.333 e. The molecule has 0 fully saturated rings. The molecule has 0 aromatic rings. The summed E-state index contributed by atoms with van der Waals surface area (Å²) in [7, 11) is 0. The quantitative estimate of drug-likeness (QED) is 0.412. The van der Waals surface area contributed by atoms with E-state index in [1.807, 2.05) is 0 Å². The number of esters is 1. The molecule has 0 N–H and O–H groups in total. The van der Waals surface area contributed by atoms with E-state index in [9.17, 15) is 4.79 Å². The third-order valence-electron chi connectivity index (χ3n) is 2.95. The minimum atomic E-state index is -0.330. The van der Waals surface area contributed by atoms with Gasteiger partial charge in [-0.2, -0.15) is 0 Å². The molecule has 1 aliphatic rings. The minimum absolute atomic E-state index is 0.323. The highest BCUT2D eigenvalue weighted by atomic mass is 16.5. The van der Waals surface area contributed by atoms with Gasteiger partial charge in [-0.05, 0) is 44.6 Å². The van der Waals surface area contributed by atoms with E-state index in [1.165, 1.54) is 5.57 Å². The van der Waals surface area contributed by atoms with Gasteiger partial charge in [-0.3, -0.25) is 0 Å². The first-order valence-corrected chi connectivity index (χ1v) is 5.66. The molecule has 16 heavy (non-hydrogen) atoms. The van der Waals surface area contributed by atoms with Gasteiger partial charge in [-0.1, -0.05) is 24.8 Å². The Hall–Kier alpha value is -1.31. The third kappa shape index (κ3) is 3.69. The van der Waals surface area contributed by atoms with E-state index in [1.54, 1.807) is 6.92 Å². The van der Waals surface area contributed by atoms with Gasteiger partial charge in [-0.15, -0.1) is 0 Å². The molecule has 0 radical (unpaired) electrons. The molecular formula is C14H20O2. The molecule has 0 aliphatic heterocycles. The lowest BCUT2D eigenvalue weighted by Crippen LogP contribution is -2.14.